The molecule has 1 aliphatic carbocycles. The van der Waals surface area contributed by atoms with Crippen molar-refractivity contribution in [2.75, 3.05) is 13.1 Å². The van der Waals surface area contributed by atoms with E-state index in [9.17, 15) is 9.59 Å². The van der Waals surface area contributed by atoms with Crippen LogP contribution in [-0.4, -0.2) is 46.8 Å². The van der Waals surface area contributed by atoms with Gasteiger partial charge in [0, 0.05) is 25.6 Å². The standard InChI is InChI=1S/C12H18N2O2/c15-11-6-8-13(9-4-5-9)12(16)10-3-1-2-7-14(10)11/h9-10H,1-8H2. The number of hydrogen-bond donors (Lipinski definition) is 0. The van der Waals surface area contributed by atoms with E-state index in [1.807, 2.05) is 9.80 Å². The van der Waals surface area contributed by atoms with Crippen LogP contribution in [0.4, 0.5) is 0 Å². The van der Waals surface area contributed by atoms with Crippen LogP contribution in [0.1, 0.15) is 38.5 Å². The molecule has 0 aromatic rings. The molecule has 2 saturated heterocycles. The zero-order valence-corrected chi connectivity index (χ0v) is 9.52. The molecule has 2 amide bonds. The largest absolute Gasteiger partial charge is 0.337 e. The molecule has 4 nitrogen and oxygen atoms in total. The average Bonchev–Trinajstić information content (AvgIpc) is 3.12. The molecule has 0 spiro atoms. The van der Waals surface area contributed by atoms with Crippen molar-refractivity contribution in [1.82, 2.24) is 9.80 Å². The highest BCUT2D eigenvalue weighted by atomic mass is 16.2. The van der Waals surface area contributed by atoms with Gasteiger partial charge in [-0.2, -0.15) is 0 Å². The van der Waals surface area contributed by atoms with Crippen molar-refractivity contribution < 1.29 is 9.59 Å². The number of nitrogens with zero attached hydrogens (tertiary/aromatic N) is 2. The fourth-order valence-electron chi connectivity index (χ4n) is 2.90. The second-order valence-corrected chi connectivity index (χ2v) is 5.11. The van der Waals surface area contributed by atoms with Crippen molar-refractivity contribution in [2.24, 2.45) is 0 Å². The SMILES string of the molecule is O=C1C2CCCCN2C(=O)CCN1C1CC1. The first-order valence-electron chi connectivity index (χ1n) is 6.37. The van der Waals surface area contributed by atoms with E-state index in [2.05, 4.69) is 0 Å². The molecule has 0 N–H and O–H groups in total. The Kier molecular flexibility index (Phi) is 2.37. The third kappa shape index (κ3) is 1.60. The zero-order valence-electron chi connectivity index (χ0n) is 9.52. The van der Waals surface area contributed by atoms with Crippen molar-refractivity contribution in [3.8, 4) is 0 Å². The molecule has 0 aromatic heterocycles. The lowest BCUT2D eigenvalue weighted by Gasteiger charge is -2.34. The Labute approximate surface area is 95.6 Å². The number of carbonyl (C=O) groups excluding carboxylic acids is 2. The van der Waals surface area contributed by atoms with Gasteiger partial charge in [0.05, 0.1) is 0 Å². The van der Waals surface area contributed by atoms with Gasteiger partial charge in [-0.1, -0.05) is 0 Å². The number of piperidine rings is 1. The van der Waals surface area contributed by atoms with E-state index >= 15 is 0 Å². The lowest BCUT2D eigenvalue weighted by Crippen LogP contribution is -2.50. The topological polar surface area (TPSA) is 40.6 Å². The van der Waals surface area contributed by atoms with Crippen molar-refractivity contribution >= 4 is 11.8 Å². The minimum Gasteiger partial charge on any atom is -0.337 e. The Morgan fingerprint density at radius 3 is 2.50 bits per heavy atom. The van der Waals surface area contributed by atoms with Crippen LogP contribution >= 0.6 is 0 Å². The first kappa shape index (κ1) is 10.1. The van der Waals surface area contributed by atoms with Crippen LogP contribution in [0, 0.1) is 0 Å². The number of amides is 2. The summed E-state index contributed by atoms with van der Waals surface area (Å²) in [5, 5.41) is 0. The molecule has 0 radical (unpaired) electrons. The van der Waals surface area contributed by atoms with Gasteiger partial charge in [0.15, 0.2) is 0 Å². The Morgan fingerprint density at radius 2 is 1.75 bits per heavy atom. The van der Waals surface area contributed by atoms with E-state index in [1.165, 1.54) is 0 Å². The molecule has 0 bridgehead atoms. The first-order chi connectivity index (χ1) is 7.77. The van der Waals surface area contributed by atoms with Gasteiger partial charge in [0.2, 0.25) is 11.8 Å². The minimum absolute atomic E-state index is 0.135. The normalized spacial score (nSPS) is 31.4. The van der Waals surface area contributed by atoms with E-state index in [0.717, 1.165) is 38.6 Å². The third-order valence-corrected chi connectivity index (χ3v) is 3.95. The lowest BCUT2D eigenvalue weighted by molar-refractivity contribution is -0.143. The van der Waals surface area contributed by atoms with E-state index in [4.69, 9.17) is 0 Å². The number of fused-ring (bicyclic) bond motifs is 1. The summed E-state index contributed by atoms with van der Waals surface area (Å²) in [6, 6.07) is 0.312. The molecule has 3 rings (SSSR count). The second-order valence-electron chi connectivity index (χ2n) is 5.11. The summed E-state index contributed by atoms with van der Waals surface area (Å²) in [4.78, 5) is 28.1. The summed E-state index contributed by atoms with van der Waals surface area (Å²) in [7, 11) is 0. The van der Waals surface area contributed by atoms with Crippen LogP contribution in [0.3, 0.4) is 0 Å². The van der Waals surface area contributed by atoms with E-state index in [1.54, 1.807) is 0 Å². The molecule has 3 aliphatic rings. The monoisotopic (exact) mass is 222 g/mol. The predicted molar refractivity (Wildman–Crippen MR) is 58.7 cm³/mol. The highest BCUT2D eigenvalue weighted by molar-refractivity contribution is 5.90. The van der Waals surface area contributed by atoms with Crippen LogP contribution in [0.15, 0.2) is 0 Å². The van der Waals surface area contributed by atoms with Crippen LogP contribution in [0.5, 0.6) is 0 Å². The van der Waals surface area contributed by atoms with Crippen molar-refractivity contribution in [1.29, 1.82) is 0 Å². The molecule has 1 atom stereocenters. The number of rotatable bonds is 1. The summed E-state index contributed by atoms with van der Waals surface area (Å²) >= 11 is 0. The van der Waals surface area contributed by atoms with Crippen LogP contribution in [-0.2, 0) is 9.59 Å². The molecule has 1 saturated carbocycles. The van der Waals surface area contributed by atoms with Gasteiger partial charge < -0.3 is 9.80 Å². The van der Waals surface area contributed by atoms with Crippen molar-refractivity contribution in [2.45, 2.75) is 50.6 Å². The number of hydrogen-bond acceptors (Lipinski definition) is 2. The van der Waals surface area contributed by atoms with Crippen LogP contribution in [0.25, 0.3) is 0 Å². The van der Waals surface area contributed by atoms with Crippen LogP contribution in [0.2, 0.25) is 0 Å². The Morgan fingerprint density at radius 1 is 0.938 bits per heavy atom. The maximum atomic E-state index is 12.3. The Hall–Kier alpha value is -1.06. The molecule has 16 heavy (non-hydrogen) atoms. The predicted octanol–water partition coefficient (Wildman–Crippen LogP) is 0.762. The molecule has 0 aromatic carbocycles. The maximum Gasteiger partial charge on any atom is 0.245 e. The highest BCUT2D eigenvalue weighted by Crippen LogP contribution is 2.31. The van der Waals surface area contributed by atoms with E-state index in [0.29, 0.717) is 19.0 Å². The zero-order chi connectivity index (χ0) is 11.1. The highest BCUT2D eigenvalue weighted by Gasteiger charge is 2.42. The molecule has 2 heterocycles. The van der Waals surface area contributed by atoms with Gasteiger partial charge in [-0.05, 0) is 32.1 Å². The average molecular weight is 222 g/mol. The van der Waals surface area contributed by atoms with Gasteiger partial charge in [0.25, 0.3) is 0 Å². The minimum atomic E-state index is -0.135. The first-order valence-corrected chi connectivity index (χ1v) is 6.37. The van der Waals surface area contributed by atoms with E-state index in [-0.39, 0.29) is 17.9 Å². The molecule has 2 aliphatic heterocycles. The second kappa shape index (κ2) is 3.75. The van der Waals surface area contributed by atoms with Crippen LogP contribution < -0.4 is 0 Å². The van der Waals surface area contributed by atoms with Gasteiger partial charge in [-0.3, -0.25) is 9.59 Å². The van der Waals surface area contributed by atoms with Gasteiger partial charge in [-0.15, -0.1) is 0 Å². The van der Waals surface area contributed by atoms with Gasteiger partial charge >= 0.3 is 0 Å². The lowest BCUT2D eigenvalue weighted by atomic mass is 10.0. The molecule has 88 valence electrons. The van der Waals surface area contributed by atoms with E-state index < -0.39 is 0 Å². The Bertz CT molecular complexity index is 325. The molecular weight excluding hydrogens is 204 g/mol. The summed E-state index contributed by atoms with van der Waals surface area (Å²) in [5.74, 6) is 0.397. The smallest absolute Gasteiger partial charge is 0.245 e. The fraction of sp³-hybridized carbons (Fsp3) is 0.833. The van der Waals surface area contributed by atoms with Gasteiger partial charge in [-0.25, -0.2) is 0 Å². The quantitative estimate of drug-likeness (QED) is 0.657. The van der Waals surface area contributed by atoms with Gasteiger partial charge in [0.1, 0.15) is 6.04 Å². The fourth-order valence-corrected chi connectivity index (χ4v) is 2.90. The van der Waals surface area contributed by atoms with Crippen molar-refractivity contribution in [3.63, 3.8) is 0 Å². The van der Waals surface area contributed by atoms with Crippen molar-refractivity contribution in [3.05, 3.63) is 0 Å². The Balaban J connectivity index is 1.84. The number of carbonyl (C=O) groups is 2. The molecule has 4 heteroatoms. The molecule has 1 unspecified atom stereocenters. The summed E-state index contributed by atoms with van der Waals surface area (Å²) in [6.07, 6.45) is 5.80. The third-order valence-electron chi connectivity index (χ3n) is 3.95. The molecular formula is C12H18N2O2. The maximum absolute atomic E-state index is 12.3. The summed E-state index contributed by atoms with van der Waals surface area (Å²) < 4.78 is 0. The summed E-state index contributed by atoms with van der Waals surface area (Å²) in [6.45, 7) is 1.43. The molecule has 3 fully saturated rings. The summed E-state index contributed by atoms with van der Waals surface area (Å²) in [5.41, 5.74) is 0.